The highest BCUT2D eigenvalue weighted by Gasteiger charge is 2.19. The van der Waals surface area contributed by atoms with Gasteiger partial charge in [-0.2, -0.15) is 13.5 Å². The summed E-state index contributed by atoms with van der Waals surface area (Å²) < 4.78 is 42.2. The second kappa shape index (κ2) is 5.61. The maximum atomic E-state index is 12.5. The first kappa shape index (κ1) is 15.7. The van der Waals surface area contributed by atoms with E-state index in [2.05, 4.69) is 8.87 Å². The van der Waals surface area contributed by atoms with Crippen LogP contribution in [0.4, 0.5) is 0 Å². The quantitative estimate of drug-likeness (QED) is 0.863. The van der Waals surface area contributed by atoms with E-state index in [9.17, 15) is 12.6 Å². The zero-order valence-electron chi connectivity index (χ0n) is 12.0. The molecule has 0 bridgehead atoms. The first-order valence-corrected chi connectivity index (χ1v) is 9.66. The minimum absolute atomic E-state index is 0.0362. The van der Waals surface area contributed by atoms with Crippen molar-refractivity contribution < 1.29 is 12.6 Å². The number of hydrogen-bond acceptors (Lipinski definition) is 4. The third-order valence-corrected chi connectivity index (χ3v) is 6.70. The third-order valence-electron chi connectivity index (χ3n) is 2.83. The lowest BCUT2D eigenvalue weighted by atomic mass is 10.4. The topological polar surface area (TPSA) is 81.4 Å². The van der Waals surface area contributed by atoms with Crippen molar-refractivity contribution in [2.45, 2.75) is 29.7 Å². The van der Waals surface area contributed by atoms with Crippen molar-refractivity contribution in [2.75, 3.05) is 6.26 Å². The molecule has 21 heavy (non-hydrogen) atoms. The molecule has 2 aromatic rings. The SMILES string of the molecule is CC(C)n1cc(S(=O)(=O)N=S(C)(=O)c2ccccc2)cn1. The minimum atomic E-state index is -4.01. The van der Waals surface area contributed by atoms with Gasteiger partial charge in [-0.15, -0.1) is 3.77 Å². The van der Waals surface area contributed by atoms with Crippen LogP contribution >= 0.6 is 0 Å². The smallest absolute Gasteiger partial charge is 0.269 e. The maximum Gasteiger partial charge on any atom is 0.293 e. The average molecular weight is 327 g/mol. The van der Waals surface area contributed by atoms with Gasteiger partial charge in [-0.3, -0.25) is 4.68 Å². The summed E-state index contributed by atoms with van der Waals surface area (Å²) in [6.07, 6.45) is 3.93. The van der Waals surface area contributed by atoms with Crippen LogP contribution < -0.4 is 0 Å². The van der Waals surface area contributed by atoms with Crippen molar-refractivity contribution in [3.8, 4) is 0 Å². The average Bonchev–Trinajstić information content (AvgIpc) is 2.89. The molecule has 0 aliphatic rings. The van der Waals surface area contributed by atoms with Crippen molar-refractivity contribution in [3.05, 3.63) is 42.7 Å². The van der Waals surface area contributed by atoms with Gasteiger partial charge in [0, 0.05) is 23.4 Å². The van der Waals surface area contributed by atoms with E-state index in [1.165, 1.54) is 23.3 Å². The number of aromatic nitrogens is 2. The zero-order valence-corrected chi connectivity index (χ0v) is 13.6. The minimum Gasteiger partial charge on any atom is -0.269 e. The molecule has 0 aliphatic heterocycles. The van der Waals surface area contributed by atoms with E-state index < -0.39 is 19.8 Å². The Balaban J connectivity index is 2.49. The normalized spacial score (nSPS) is 14.9. The monoisotopic (exact) mass is 327 g/mol. The first-order chi connectivity index (χ1) is 9.72. The molecule has 0 fully saturated rings. The van der Waals surface area contributed by atoms with E-state index >= 15 is 0 Å². The molecule has 114 valence electrons. The molecule has 2 rings (SSSR count). The highest BCUT2D eigenvalue weighted by Crippen LogP contribution is 2.19. The number of sulfonamides is 1. The summed E-state index contributed by atoms with van der Waals surface area (Å²) in [5, 5.41) is 3.97. The van der Waals surface area contributed by atoms with Crippen LogP contribution in [0.15, 0.2) is 56.3 Å². The summed E-state index contributed by atoms with van der Waals surface area (Å²) in [5.74, 6) is 0. The van der Waals surface area contributed by atoms with Gasteiger partial charge in [0.15, 0.2) is 0 Å². The Bertz CT molecular complexity index is 846. The van der Waals surface area contributed by atoms with E-state index in [1.807, 2.05) is 13.8 Å². The molecule has 1 aromatic heterocycles. The van der Waals surface area contributed by atoms with Crippen molar-refractivity contribution in [1.29, 1.82) is 0 Å². The standard InChI is InChI=1S/C13H17N3O3S2/c1-11(2)16-10-13(9-14-16)21(18,19)15-20(3,17)12-7-5-4-6-8-12/h4-11H,1-3H3. The summed E-state index contributed by atoms with van der Waals surface area (Å²) in [6, 6.07) is 8.38. The fraction of sp³-hybridized carbons (Fsp3) is 0.308. The number of nitrogens with zero attached hydrogens (tertiary/aromatic N) is 3. The molecule has 0 radical (unpaired) electrons. The van der Waals surface area contributed by atoms with E-state index in [0.717, 1.165) is 0 Å². The molecule has 1 atom stereocenters. The molecular formula is C13H17N3O3S2. The van der Waals surface area contributed by atoms with Crippen LogP contribution in [0.2, 0.25) is 0 Å². The van der Waals surface area contributed by atoms with E-state index in [1.54, 1.807) is 30.3 Å². The van der Waals surface area contributed by atoms with Crippen LogP contribution in [-0.4, -0.2) is 28.7 Å². The molecule has 0 amide bonds. The molecule has 0 aliphatic carbocycles. The molecule has 1 heterocycles. The van der Waals surface area contributed by atoms with Crippen molar-refractivity contribution in [3.63, 3.8) is 0 Å². The highest BCUT2D eigenvalue weighted by molar-refractivity contribution is 8.03. The Morgan fingerprint density at radius 3 is 2.24 bits per heavy atom. The number of rotatable bonds is 4. The number of hydrogen-bond donors (Lipinski definition) is 0. The van der Waals surface area contributed by atoms with Crippen LogP contribution in [0, 0.1) is 0 Å². The van der Waals surface area contributed by atoms with Gasteiger partial charge >= 0.3 is 0 Å². The third kappa shape index (κ3) is 3.51. The van der Waals surface area contributed by atoms with Gasteiger partial charge in [-0.05, 0) is 26.0 Å². The first-order valence-electron chi connectivity index (χ1n) is 6.30. The van der Waals surface area contributed by atoms with Crippen LogP contribution in [0.5, 0.6) is 0 Å². The van der Waals surface area contributed by atoms with Gasteiger partial charge in [-0.1, -0.05) is 18.2 Å². The lowest BCUT2D eigenvalue weighted by Gasteiger charge is -2.04. The maximum absolute atomic E-state index is 12.5. The zero-order chi connectivity index (χ0) is 15.7. The summed E-state index contributed by atoms with van der Waals surface area (Å²) in [5.41, 5.74) is 0. The van der Waals surface area contributed by atoms with E-state index in [4.69, 9.17) is 0 Å². The van der Waals surface area contributed by atoms with Crippen LogP contribution in [0.3, 0.4) is 0 Å². The van der Waals surface area contributed by atoms with E-state index in [-0.39, 0.29) is 10.9 Å². The van der Waals surface area contributed by atoms with Crippen LogP contribution in [-0.2, 0) is 19.8 Å². The van der Waals surface area contributed by atoms with Crippen molar-refractivity contribution >= 4 is 19.8 Å². The Labute approximate surface area is 125 Å². The number of benzene rings is 1. The van der Waals surface area contributed by atoms with E-state index in [0.29, 0.717) is 4.90 Å². The lowest BCUT2D eigenvalue weighted by molar-refractivity contribution is 0.531. The van der Waals surface area contributed by atoms with Gasteiger partial charge in [-0.25, -0.2) is 4.21 Å². The Morgan fingerprint density at radius 2 is 1.71 bits per heavy atom. The Kier molecular flexibility index (Phi) is 4.20. The summed E-state index contributed by atoms with van der Waals surface area (Å²) in [6.45, 7) is 3.76. The molecule has 0 saturated carbocycles. The fourth-order valence-electron chi connectivity index (χ4n) is 1.68. The van der Waals surface area contributed by atoms with Gasteiger partial charge in [0.1, 0.15) is 4.90 Å². The lowest BCUT2D eigenvalue weighted by Crippen LogP contribution is -2.04. The van der Waals surface area contributed by atoms with Crippen LogP contribution in [0.25, 0.3) is 0 Å². The Morgan fingerprint density at radius 1 is 1.10 bits per heavy atom. The molecule has 0 saturated heterocycles. The molecule has 0 N–H and O–H groups in total. The largest absolute Gasteiger partial charge is 0.293 e. The van der Waals surface area contributed by atoms with Crippen molar-refractivity contribution in [2.24, 2.45) is 3.77 Å². The molecule has 8 heteroatoms. The van der Waals surface area contributed by atoms with Gasteiger partial charge in [0.2, 0.25) is 0 Å². The second-order valence-corrected chi connectivity index (χ2v) is 9.01. The summed E-state index contributed by atoms with van der Waals surface area (Å²) >= 11 is 0. The highest BCUT2D eigenvalue weighted by atomic mass is 32.3. The molecule has 1 aromatic carbocycles. The molecule has 1 unspecified atom stereocenters. The van der Waals surface area contributed by atoms with Crippen LogP contribution in [0.1, 0.15) is 19.9 Å². The fourth-order valence-corrected chi connectivity index (χ4v) is 4.95. The summed E-state index contributed by atoms with van der Waals surface area (Å²) in [7, 11) is -7.04. The summed E-state index contributed by atoms with van der Waals surface area (Å²) in [4.78, 5) is 0.325. The predicted molar refractivity (Wildman–Crippen MR) is 81.0 cm³/mol. The molecular weight excluding hydrogens is 310 g/mol. The predicted octanol–water partition coefficient (Wildman–Crippen LogP) is 2.31. The van der Waals surface area contributed by atoms with Crippen molar-refractivity contribution in [1.82, 2.24) is 9.78 Å². The molecule has 6 nitrogen and oxygen atoms in total. The van der Waals surface area contributed by atoms with Gasteiger partial charge in [0.05, 0.1) is 15.9 Å². The molecule has 0 spiro atoms. The van der Waals surface area contributed by atoms with Gasteiger partial charge in [0.25, 0.3) is 10.0 Å². The Hall–Kier alpha value is -1.67. The second-order valence-electron chi connectivity index (χ2n) is 4.91. The van der Waals surface area contributed by atoms with Gasteiger partial charge < -0.3 is 0 Å².